The molecular formula is C7H12O4. The Hall–Kier alpha value is -1.06. The minimum Gasteiger partial charge on any atom is -0.462 e. The summed E-state index contributed by atoms with van der Waals surface area (Å²) in [5, 5.41) is 0. The minimum atomic E-state index is -0.363. The number of carbonyl (C=O) groups is 2. The number of esters is 2. The SMILES string of the molecule is CCC(=O)OCCOC(C)=O. The summed E-state index contributed by atoms with van der Waals surface area (Å²) in [7, 11) is 0. The van der Waals surface area contributed by atoms with E-state index in [1.807, 2.05) is 0 Å². The maximum absolute atomic E-state index is 10.5. The van der Waals surface area contributed by atoms with Crippen LogP contribution in [0.25, 0.3) is 0 Å². The largest absolute Gasteiger partial charge is 0.462 e. The van der Waals surface area contributed by atoms with Crippen LogP contribution >= 0.6 is 0 Å². The molecule has 0 spiro atoms. The van der Waals surface area contributed by atoms with E-state index in [-0.39, 0.29) is 25.2 Å². The average Bonchev–Trinajstić information content (AvgIpc) is 1.97. The molecule has 0 fully saturated rings. The number of hydrogen-bond acceptors (Lipinski definition) is 4. The predicted molar refractivity (Wildman–Crippen MR) is 37.9 cm³/mol. The summed E-state index contributed by atoms with van der Waals surface area (Å²) in [6.45, 7) is 3.29. The molecule has 0 aliphatic carbocycles. The molecule has 0 aliphatic rings. The Morgan fingerprint density at radius 1 is 1.18 bits per heavy atom. The summed E-state index contributed by atoms with van der Waals surface area (Å²) in [6.07, 6.45) is 0.347. The van der Waals surface area contributed by atoms with Crippen molar-refractivity contribution >= 4 is 11.9 Å². The van der Waals surface area contributed by atoms with Crippen molar-refractivity contribution in [2.24, 2.45) is 0 Å². The molecule has 0 heterocycles. The van der Waals surface area contributed by atoms with Gasteiger partial charge in [-0.15, -0.1) is 0 Å². The zero-order valence-electron chi connectivity index (χ0n) is 6.75. The lowest BCUT2D eigenvalue weighted by Crippen LogP contribution is -2.11. The second kappa shape index (κ2) is 5.70. The van der Waals surface area contributed by atoms with Crippen LogP contribution in [0.3, 0.4) is 0 Å². The van der Waals surface area contributed by atoms with E-state index in [1.54, 1.807) is 6.92 Å². The van der Waals surface area contributed by atoms with Crippen molar-refractivity contribution in [2.45, 2.75) is 20.3 Å². The zero-order chi connectivity index (χ0) is 8.69. The third-order valence-corrected chi connectivity index (χ3v) is 0.940. The first-order valence-corrected chi connectivity index (χ1v) is 3.45. The fourth-order valence-corrected chi connectivity index (χ4v) is 0.443. The molecule has 0 aliphatic heterocycles. The molecule has 0 unspecified atom stereocenters. The molecule has 0 N–H and O–H groups in total. The molecule has 0 aromatic rings. The molecule has 0 saturated heterocycles. The first kappa shape index (κ1) is 9.94. The standard InChI is InChI=1S/C7H12O4/c1-3-7(9)11-5-4-10-6(2)8/h3-5H2,1-2H3. The molecule has 0 radical (unpaired) electrons. The Labute approximate surface area is 65.5 Å². The average molecular weight is 160 g/mol. The molecule has 0 saturated carbocycles. The van der Waals surface area contributed by atoms with Crippen molar-refractivity contribution in [3.05, 3.63) is 0 Å². The molecule has 0 aromatic carbocycles. The molecular weight excluding hydrogens is 148 g/mol. The molecule has 64 valence electrons. The first-order chi connectivity index (χ1) is 5.16. The number of hydrogen-bond donors (Lipinski definition) is 0. The lowest BCUT2D eigenvalue weighted by molar-refractivity contribution is -0.150. The lowest BCUT2D eigenvalue weighted by Gasteiger charge is -2.02. The minimum absolute atomic E-state index is 0.140. The fraction of sp³-hybridized carbons (Fsp3) is 0.714. The van der Waals surface area contributed by atoms with Gasteiger partial charge < -0.3 is 9.47 Å². The third kappa shape index (κ3) is 6.83. The second-order valence-corrected chi connectivity index (χ2v) is 1.91. The Kier molecular flexibility index (Phi) is 5.15. The summed E-state index contributed by atoms with van der Waals surface area (Å²) in [5.41, 5.74) is 0. The van der Waals surface area contributed by atoms with Gasteiger partial charge in [-0.3, -0.25) is 9.59 Å². The van der Waals surface area contributed by atoms with Crippen LogP contribution in [0.5, 0.6) is 0 Å². The van der Waals surface area contributed by atoms with Gasteiger partial charge in [0.25, 0.3) is 0 Å². The number of rotatable bonds is 4. The van der Waals surface area contributed by atoms with Crippen molar-refractivity contribution in [1.29, 1.82) is 0 Å². The highest BCUT2D eigenvalue weighted by atomic mass is 16.6. The van der Waals surface area contributed by atoms with Crippen LogP contribution in [0, 0.1) is 0 Å². The van der Waals surface area contributed by atoms with Gasteiger partial charge in [0.05, 0.1) is 0 Å². The summed E-state index contributed by atoms with van der Waals surface area (Å²) in [6, 6.07) is 0. The van der Waals surface area contributed by atoms with Crippen LogP contribution in [-0.4, -0.2) is 25.2 Å². The van der Waals surface area contributed by atoms with Gasteiger partial charge in [-0.05, 0) is 0 Å². The van der Waals surface area contributed by atoms with Crippen LogP contribution in [0.2, 0.25) is 0 Å². The highest BCUT2D eigenvalue weighted by molar-refractivity contribution is 5.69. The van der Waals surface area contributed by atoms with E-state index >= 15 is 0 Å². The molecule has 0 aromatic heterocycles. The predicted octanol–water partition coefficient (Wildman–Crippen LogP) is 0.503. The van der Waals surface area contributed by atoms with Crippen LogP contribution in [-0.2, 0) is 19.1 Å². The van der Waals surface area contributed by atoms with Gasteiger partial charge in [0.2, 0.25) is 0 Å². The Bertz CT molecular complexity index is 141. The maximum Gasteiger partial charge on any atom is 0.305 e. The monoisotopic (exact) mass is 160 g/mol. The quantitative estimate of drug-likeness (QED) is 0.444. The van der Waals surface area contributed by atoms with Crippen molar-refractivity contribution in [3.8, 4) is 0 Å². The van der Waals surface area contributed by atoms with Gasteiger partial charge in [-0.2, -0.15) is 0 Å². The first-order valence-electron chi connectivity index (χ1n) is 3.45. The van der Waals surface area contributed by atoms with Crippen LogP contribution in [0.1, 0.15) is 20.3 Å². The Balaban J connectivity index is 3.14. The van der Waals surface area contributed by atoms with E-state index in [1.165, 1.54) is 6.92 Å². The van der Waals surface area contributed by atoms with Crippen LogP contribution in [0.4, 0.5) is 0 Å². The van der Waals surface area contributed by atoms with E-state index in [0.717, 1.165) is 0 Å². The van der Waals surface area contributed by atoms with Crippen molar-refractivity contribution in [2.75, 3.05) is 13.2 Å². The molecule has 0 amide bonds. The Morgan fingerprint density at radius 3 is 2.18 bits per heavy atom. The molecule has 4 heteroatoms. The van der Waals surface area contributed by atoms with Gasteiger partial charge in [0.15, 0.2) is 0 Å². The van der Waals surface area contributed by atoms with E-state index in [0.29, 0.717) is 6.42 Å². The van der Waals surface area contributed by atoms with E-state index < -0.39 is 0 Å². The topological polar surface area (TPSA) is 52.6 Å². The van der Waals surface area contributed by atoms with Gasteiger partial charge >= 0.3 is 11.9 Å². The van der Waals surface area contributed by atoms with Gasteiger partial charge in [-0.25, -0.2) is 0 Å². The summed E-state index contributed by atoms with van der Waals surface area (Å²) in [4.78, 5) is 20.7. The van der Waals surface area contributed by atoms with Gasteiger partial charge in [0, 0.05) is 13.3 Å². The van der Waals surface area contributed by atoms with E-state index in [2.05, 4.69) is 9.47 Å². The smallest absolute Gasteiger partial charge is 0.305 e. The normalized spacial score (nSPS) is 8.91. The number of ether oxygens (including phenoxy) is 2. The second-order valence-electron chi connectivity index (χ2n) is 1.91. The summed E-state index contributed by atoms with van der Waals surface area (Å²) < 4.78 is 9.15. The van der Waals surface area contributed by atoms with Gasteiger partial charge in [0.1, 0.15) is 13.2 Å². The van der Waals surface area contributed by atoms with Crippen molar-refractivity contribution < 1.29 is 19.1 Å². The Morgan fingerprint density at radius 2 is 1.73 bits per heavy atom. The molecule has 0 bridgehead atoms. The third-order valence-electron chi connectivity index (χ3n) is 0.940. The molecule has 4 nitrogen and oxygen atoms in total. The van der Waals surface area contributed by atoms with Crippen molar-refractivity contribution in [3.63, 3.8) is 0 Å². The van der Waals surface area contributed by atoms with Crippen molar-refractivity contribution in [1.82, 2.24) is 0 Å². The number of carbonyl (C=O) groups excluding carboxylic acids is 2. The maximum atomic E-state index is 10.5. The van der Waals surface area contributed by atoms with E-state index in [9.17, 15) is 9.59 Å². The highest BCUT2D eigenvalue weighted by Gasteiger charge is 1.97. The molecule has 11 heavy (non-hydrogen) atoms. The van der Waals surface area contributed by atoms with Gasteiger partial charge in [-0.1, -0.05) is 6.92 Å². The molecule has 0 rings (SSSR count). The zero-order valence-corrected chi connectivity index (χ0v) is 6.75. The summed E-state index contributed by atoms with van der Waals surface area (Å²) in [5.74, 6) is -0.644. The van der Waals surface area contributed by atoms with E-state index in [4.69, 9.17) is 0 Å². The highest BCUT2D eigenvalue weighted by Crippen LogP contribution is 1.84. The lowest BCUT2D eigenvalue weighted by atomic mass is 10.5. The fourth-order valence-electron chi connectivity index (χ4n) is 0.443. The summed E-state index contributed by atoms with van der Waals surface area (Å²) >= 11 is 0. The van der Waals surface area contributed by atoms with Crippen LogP contribution in [0.15, 0.2) is 0 Å². The molecule has 0 atom stereocenters. The van der Waals surface area contributed by atoms with Crippen LogP contribution < -0.4 is 0 Å².